The summed E-state index contributed by atoms with van der Waals surface area (Å²) in [6, 6.07) is 0. The second kappa shape index (κ2) is 7.66. The van der Waals surface area contributed by atoms with Gasteiger partial charge in [-0.05, 0) is 6.42 Å². The smallest absolute Gasteiger partial charge is 0.341 e. The van der Waals surface area contributed by atoms with Gasteiger partial charge in [0.2, 0.25) is 0 Å². The molecule has 0 saturated carbocycles. The summed E-state index contributed by atoms with van der Waals surface area (Å²) in [6.07, 6.45) is 4.47. The van der Waals surface area contributed by atoms with Crippen molar-refractivity contribution < 1.29 is 9.53 Å². The first-order valence-electron chi connectivity index (χ1n) is 3.93. The minimum atomic E-state index is -0.392. The van der Waals surface area contributed by atoms with Gasteiger partial charge in [-0.15, -0.1) is 0 Å². The first kappa shape index (κ1) is 10.6. The molecule has 64 valence electrons. The van der Waals surface area contributed by atoms with Gasteiger partial charge >= 0.3 is 5.97 Å². The van der Waals surface area contributed by atoms with Gasteiger partial charge in [0.1, 0.15) is 0 Å². The number of unbranched alkanes of at least 4 members (excludes halogenated alkanes) is 3. The van der Waals surface area contributed by atoms with Crippen LogP contribution in [0.25, 0.3) is 0 Å². The second-order valence-corrected chi connectivity index (χ2v) is 2.58. The SMILES string of the molecule is CCCCCCOC(=O)C=S. The maximum Gasteiger partial charge on any atom is 0.341 e. The molecular formula is C8H14O2S. The summed E-state index contributed by atoms with van der Waals surface area (Å²) >= 11 is 4.38. The Morgan fingerprint density at radius 2 is 2.18 bits per heavy atom. The Bertz CT molecular complexity index is 123. The zero-order valence-corrected chi connectivity index (χ0v) is 7.65. The number of carbonyl (C=O) groups excluding carboxylic acids is 1. The molecule has 0 radical (unpaired) electrons. The zero-order chi connectivity index (χ0) is 8.53. The molecule has 0 aliphatic rings. The second-order valence-electron chi connectivity index (χ2n) is 2.35. The van der Waals surface area contributed by atoms with Crippen LogP contribution in [0, 0.1) is 0 Å². The van der Waals surface area contributed by atoms with Crippen LogP contribution in [0.4, 0.5) is 0 Å². The number of hydrogen-bond acceptors (Lipinski definition) is 3. The standard InChI is InChI=1S/C8H14O2S/c1-2-3-4-5-6-10-8(9)7-11/h7H,2-6H2,1H3. The molecule has 0 aromatic carbocycles. The topological polar surface area (TPSA) is 26.3 Å². The van der Waals surface area contributed by atoms with E-state index in [2.05, 4.69) is 19.1 Å². The highest BCUT2D eigenvalue weighted by atomic mass is 32.1. The van der Waals surface area contributed by atoms with E-state index in [-0.39, 0.29) is 0 Å². The summed E-state index contributed by atoms with van der Waals surface area (Å²) in [5.41, 5.74) is 0. The molecule has 0 heterocycles. The predicted molar refractivity (Wildman–Crippen MR) is 48.8 cm³/mol. The molecule has 0 aromatic heterocycles. The van der Waals surface area contributed by atoms with Gasteiger partial charge in [0.15, 0.2) is 0 Å². The van der Waals surface area contributed by atoms with Gasteiger partial charge in [0.25, 0.3) is 0 Å². The van der Waals surface area contributed by atoms with Crippen molar-refractivity contribution in [2.75, 3.05) is 6.61 Å². The van der Waals surface area contributed by atoms with Gasteiger partial charge in [-0.25, -0.2) is 4.79 Å². The highest BCUT2D eigenvalue weighted by Crippen LogP contribution is 1.98. The van der Waals surface area contributed by atoms with E-state index in [1.165, 1.54) is 12.8 Å². The molecule has 3 heteroatoms. The Morgan fingerprint density at radius 3 is 2.73 bits per heavy atom. The van der Waals surface area contributed by atoms with Crippen molar-refractivity contribution in [1.29, 1.82) is 0 Å². The molecule has 0 fully saturated rings. The van der Waals surface area contributed by atoms with E-state index in [1.54, 1.807) is 0 Å². The van der Waals surface area contributed by atoms with Crippen LogP contribution in [-0.4, -0.2) is 17.9 Å². The third kappa shape index (κ3) is 7.46. The molecule has 0 aromatic rings. The fraction of sp³-hybridized carbons (Fsp3) is 0.750. The molecule has 0 spiro atoms. The number of carbonyl (C=O) groups is 1. The quantitative estimate of drug-likeness (QED) is 0.350. The number of rotatable bonds is 6. The summed E-state index contributed by atoms with van der Waals surface area (Å²) in [4.78, 5) is 10.5. The van der Waals surface area contributed by atoms with E-state index >= 15 is 0 Å². The Labute approximate surface area is 72.9 Å². The summed E-state index contributed by atoms with van der Waals surface area (Å²) in [7, 11) is 0. The first-order chi connectivity index (χ1) is 5.31. The van der Waals surface area contributed by atoms with E-state index in [4.69, 9.17) is 4.74 Å². The fourth-order valence-electron chi connectivity index (χ4n) is 0.736. The molecule has 11 heavy (non-hydrogen) atoms. The molecule has 0 N–H and O–H groups in total. The van der Waals surface area contributed by atoms with Gasteiger partial charge in [0, 0.05) is 0 Å². The van der Waals surface area contributed by atoms with Crippen LogP contribution >= 0.6 is 12.2 Å². The minimum absolute atomic E-state index is 0.392. The van der Waals surface area contributed by atoms with E-state index in [0.717, 1.165) is 18.2 Å². The van der Waals surface area contributed by atoms with Crippen molar-refractivity contribution in [3.63, 3.8) is 0 Å². The zero-order valence-electron chi connectivity index (χ0n) is 6.84. The van der Waals surface area contributed by atoms with Crippen molar-refractivity contribution in [2.24, 2.45) is 0 Å². The number of ether oxygens (including phenoxy) is 1. The molecule has 2 nitrogen and oxygen atoms in total. The summed E-state index contributed by atoms with van der Waals surface area (Å²) < 4.78 is 4.74. The van der Waals surface area contributed by atoms with Gasteiger partial charge in [0.05, 0.1) is 12.0 Å². The van der Waals surface area contributed by atoms with Gasteiger partial charge in [-0.2, -0.15) is 0 Å². The predicted octanol–water partition coefficient (Wildman–Crippen LogP) is 2.11. The average Bonchev–Trinajstić information content (AvgIpc) is 2.04. The average molecular weight is 174 g/mol. The van der Waals surface area contributed by atoms with Crippen LogP contribution in [-0.2, 0) is 9.53 Å². The lowest BCUT2D eigenvalue weighted by atomic mass is 10.2. The van der Waals surface area contributed by atoms with Crippen molar-refractivity contribution in [1.82, 2.24) is 0 Å². The summed E-state index contributed by atoms with van der Waals surface area (Å²) in [6.45, 7) is 2.65. The van der Waals surface area contributed by atoms with Crippen LogP contribution in [0.3, 0.4) is 0 Å². The van der Waals surface area contributed by atoms with E-state index in [9.17, 15) is 4.79 Å². The van der Waals surface area contributed by atoms with Gasteiger partial charge in [-0.3, -0.25) is 0 Å². The maximum absolute atomic E-state index is 10.5. The lowest BCUT2D eigenvalue weighted by Crippen LogP contribution is -2.05. The molecule has 0 aliphatic heterocycles. The highest BCUT2D eigenvalue weighted by Gasteiger charge is 1.94. The molecule has 0 unspecified atom stereocenters. The van der Waals surface area contributed by atoms with Crippen LogP contribution in [0.5, 0.6) is 0 Å². The lowest BCUT2D eigenvalue weighted by Gasteiger charge is -1.99. The fourth-order valence-corrected chi connectivity index (χ4v) is 0.804. The minimum Gasteiger partial charge on any atom is -0.462 e. The Hall–Kier alpha value is -0.440. The number of esters is 1. The molecule has 0 rings (SSSR count). The van der Waals surface area contributed by atoms with Crippen LogP contribution in [0.2, 0.25) is 0 Å². The third-order valence-electron chi connectivity index (χ3n) is 1.34. The largest absolute Gasteiger partial charge is 0.462 e. The lowest BCUT2D eigenvalue weighted by molar-refractivity contribution is -0.134. The van der Waals surface area contributed by atoms with Crippen molar-refractivity contribution in [3.05, 3.63) is 0 Å². The van der Waals surface area contributed by atoms with Gasteiger partial charge < -0.3 is 4.74 Å². The van der Waals surface area contributed by atoms with Crippen LogP contribution in [0.15, 0.2) is 0 Å². The highest BCUT2D eigenvalue weighted by molar-refractivity contribution is 7.80. The monoisotopic (exact) mass is 174 g/mol. The molecule has 0 amide bonds. The van der Waals surface area contributed by atoms with Gasteiger partial charge in [-0.1, -0.05) is 38.4 Å². The normalized spacial score (nSPS) is 9.18. The molecule has 0 atom stereocenters. The molecule has 0 saturated heterocycles. The molecule has 0 bridgehead atoms. The van der Waals surface area contributed by atoms with E-state index in [1.807, 2.05) is 0 Å². The van der Waals surface area contributed by atoms with Crippen molar-refractivity contribution in [2.45, 2.75) is 32.6 Å². The summed E-state index contributed by atoms with van der Waals surface area (Å²) in [5, 5.41) is 1.03. The van der Waals surface area contributed by atoms with Crippen molar-refractivity contribution >= 4 is 23.6 Å². The first-order valence-corrected chi connectivity index (χ1v) is 4.40. The Balaban J connectivity index is 3.01. The van der Waals surface area contributed by atoms with E-state index < -0.39 is 5.97 Å². The Morgan fingerprint density at radius 1 is 1.45 bits per heavy atom. The third-order valence-corrected chi connectivity index (χ3v) is 1.53. The van der Waals surface area contributed by atoms with E-state index in [0.29, 0.717) is 6.61 Å². The Kier molecular flexibility index (Phi) is 7.36. The molecule has 0 aliphatic carbocycles. The van der Waals surface area contributed by atoms with Crippen LogP contribution in [0.1, 0.15) is 32.6 Å². The maximum atomic E-state index is 10.5. The molecular weight excluding hydrogens is 160 g/mol. The van der Waals surface area contributed by atoms with Crippen LogP contribution < -0.4 is 0 Å². The summed E-state index contributed by atoms with van der Waals surface area (Å²) in [5.74, 6) is -0.392. The van der Waals surface area contributed by atoms with Crippen molar-refractivity contribution in [3.8, 4) is 0 Å². The number of thiocarbonyl (C=S) groups is 1. The number of hydrogen-bond donors (Lipinski definition) is 0.